The topological polar surface area (TPSA) is 79.4 Å². The Labute approximate surface area is 104 Å². The molecule has 1 aromatic heterocycles. The van der Waals surface area contributed by atoms with E-state index < -0.39 is 26.9 Å². The highest BCUT2D eigenvalue weighted by Crippen LogP contribution is 2.14. The minimum absolute atomic E-state index is 0.324. The Morgan fingerprint density at radius 2 is 2.28 bits per heavy atom. The predicted octanol–water partition coefficient (Wildman–Crippen LogP) is -0.270. The lowest BCUT2D eigenvalue weighted by atomic mass is 10.3. The number of carbonyl (C=O) groups excluding carboxylic acids is 1. The van der Waals surface area contributed by atoms with E-state index in [1.54, 1.807) is 7.05 Å². The van der Waals surface area contributed by atoms with E-state index in [-0.39, 0.29) is 5.91 Å². The van der Waals surface area contributed by atoms with Crippen molar-refractivity contribution in [3.05, 3.63) is 24.1 Å². The average molecular weight is 273 g/mol. The van der Waals surface area contributed by atoms with Gasteiger partial charge in [-0.3, -0.25) is 4.79 Å². The predicted molar refractivity (Wildman–Crippen MR) is 60.6 cm³/mol. The number of aromatic nitrogens is 1. The molecule has 0 spiro atoms. The Kier molecular flexibility index (Phi) is 3.31. The van der Waals surface area contributed by atoms with E-state index >= 15 is 0 Å². The fourth-order valence-corrected chi connectivity index (χ4v) is 2.97. The maximum absolute atomic E-state index is 13.4. The van der Waals surface area contributed by atoms with Gasteiger partial charge in [0.05, 0.1) is 0 Å². The minimum Gasteiger partial charge on any atom is -0.344 e. The molecule has 1 saturated heterocycles. The first-order valence-electron chi connectivity index (χ1n) is 5.29. The molecule has 1 aliphatic heterocycles. The third kappa shape index (κ3) is 2.34. The second-order valence-corrected chi connectivity index (χ2v) is 5.64. The number of halogens is 1. The highest BCUT2D eigenvalue weighted by atomic mass is 32.2. The number of sulfonamides is 1. The Morgan fingerprint density at radius 3 is 2.83 bits per heavy atom. The average Bonchev–Trinajstić information content (AvgIpc) is 2.61. The van der Waals surface area contributed by atoms with E-state index in [9.17, 15) is 17.6 Å². The van der Waals surface area contributed by atoms with Crippen molar-refractivity contribution in [3.63, 3.8) is 0 Å². The van der Waals surface area contributed by atoms with Crippen LogP contribution in [0.5, 0.6) is 0 Å². The number of rotatable bonds is 3. The van der Waals surface area contributed by atoms with Crippen LogP contribution in [0.15, 0.2) is 23.4 Å². The molecule has 0 aromatic carbocycles. The summed E-state index contributed by atoms with van der Waals surface area (Å²) in [6.45, 7) is 0.469. The Hall–Kier alpha value is -1.54. The number of pyridine rings is 1. The van der Waals surface area contributed by atoms with Crippen LogP contribution in [-0.4, -0.2) is 43.8 Å². The molecule has 0 bridgehead atoms. The molecule has 6 nitrogen and oxygen atoms in total. The molecular weight excluding hydrogens is 261 g/mol. The van der Waals surface area contributed by atoms with Gasteiger partial charge >= 0.3 is 0 Å². The van der Waals surface area contributed by atoms with Crippen molar-refractivity contribution in [1.29, 1.82) is 0 Å². The summed E-state index contributed by atoms with van der Waals surface area (Å²) >= 11 is 0. The molecule has 0 saturated carbocycles. The van der Waals surface area contributed by atoms with Crippen LogP contribution in [0.2, 0.25) is 0 Å². The molecule has 98 valence electrons. The van der Waals surface area contributed by atoms with E-state index in [2.05, 4.69) is 9.71 Å². The quantitative estimate of drug-likeness (QED) is 0.822. The summed E-state index contributed by atoms with van der Waals surface area (Å²) in [7, 11) is -2.53. The summed E-state index contributed by atoms with van der Waals surface area (Å²) < 4.78 is 39.3. The van der Waals surface area contributed by atoms with Gasteiger partial charge < -0.3 is 4.90 Å². The fourth-order valence-electron chi connectivity index (χ4n) is 1.74. The normalized spacial score (nSPS) is 20.4. The number of likely N-dealkylation sites (N-methyl/N-ethyl adjacent to an activating group) is 1. The van der Waals surface area contributed by atoms with Crippen molar-refractivity contribution in [1.82, 2.24) is 14.6 Å². The minimum atomic E-state index is -4.11. The van der Waals surface area contributed by atoms with Gasteiger partial charge in [-0.2, -0.15) is 4.72 Å². The van der Waals surface area contributed by atoms with Gasteiger partial charge in [-0.15, -0.1) is 0 Å². The number of hydrogen-bond acceptors (Lipinski definition) is 4. The molecule has 1 N–H and O–H groups in total. The van der Waals surface area contributed by atoms with Gasteiger partial charge in [-0.1, -0.05) is 0 Å². The fraction of sp³-hybridized carbons (Fsp3) is 0.400. The van der Waals surface area contributed by atoms with Crippen LogP contribution in [0.3, 0.4) is 0 Å². The van der Waals surface area contributed by atoms with E-state index in [0.717, 1.165) is 6.07 Å². The van der Waals surface area contributed by atoms with Crippen LogP contribution >= 0.6 is 0 Å². The Morgan fingerprint density at radius 1 is 1.56 bits per heavy atom. The summed E-state index contributed by atoms with van der Waals surface area (Å²) in [6, 6.07) is 1.45. The van der Waals surface area contributed by atoms with Crippen molar-refractivity contribution in [2.75, 3.05) is 13.6 Å². The van der Waals surface area contributed by atoms with Crippen molar-refractivity contribution in [2.24, 2.45) is 0 Å². The summed E-state index contributed by atoms with van der Waals surface area (Å²) in [6.07, 6.45) is 1.54. The molecule has 2 heterocycles. The van der Waals surface area contributed by atoms with Crippen LogP contribution in [0.25, 0.3) is 0 Å². The van der Waals surface area contributed by atoms with Crippen LogP contribution in [-0.2, 0) is 14.8 Å². The summed E-state index contributed by atoms with van der Waals surface area (Å²) in [5, 5.41) is -0.688. The lowest BCUT2D eigenvalue weighted by molar-refractivity contribution is -0.127. The van der Waals surface area contributed by atoms with Crippen LogP contribution < -0.4 is 4.72 Å². The third-order valence-electron chi connectivity index (χ3n) is 2.70. The van der Waals surface area contributed by atoms with E-state index in [1.165, 1.54) is 17.2 Å². The number of carbonyl (C=O) groups is 1. The zero-order valence-corrected chi connectivity index (χ0v) is 10.4. The molecule has 1 unspecified atom stereocenters. The maximum Gasteiger partial charge on any atom is 0.261 e. The SMILES string of the molecule is CN1CCC(NS(=O)(=O)c2ncccc2F)C1=O. The smallest absolute Gasteiger partial charge is 0.261 e. The van der Waals surface area contributed by atoms with E-state index in [0.29, 0.717) is 13.0 Å². The molecule has 0 aliphatic carbocycles. The lowest BCUT2D eigenvalue weighted by Crippen LogP contribution is -2.41. The molecule has 1 aliphatic rings. The molecular formula is C10H12FN3O3S. The second kappa shape index (κ2) is 4.62. The maximum atomic E-state index is 13.4. The number of nitrogens with one attached hydrogen (secondary N) is 1. The Bertz CT molecular complexity index is 575. The van der Waals surface area contributed by atoms with Crippen molar-refractivity contribution in [2.45, 2.75) is 17.5 Å². The molecule has 0 radical (unpaired) electrons. The first-order chi connectivity index (χ1) is 8.42. The standard InChI is InChI=1S/C10H12FN3O3S/c1-14-6-4-8(10(14)15)13-18(16,17)9-7(11)3-2-5-12-9/h2-3,5,8,13H,4,6H2,1H3. The van der Waals surface area contributed by atoms with Crippen LogP contribution in [0.4, 0.5) is 4.39 Å². The van der Waals surface area contributed by atoms with Gasteiger partial charge in [0.25, 0.3) is 10.0 Å². The molecule has 2 rings (SSSR count). The molecule has 1 aromatic rings. The molecule has 1 amide bonds. The van der Waals surface area contributed by atoms with Gasteiger partial charge in [0.15, 0.2) is 5.82 Å². The highest BCUT2D eigenvalue weighted by molar-refractivity contribution is 7.89. The van der Waals surface area contributed by atoms with Gasteiger partial charge in [0.1, 0.15) is 6.04 Å². The van der Waals surface area contributed by atoms with Crippen molar-refractivity contribution < 1.29 is 17.6 Å². The van der Waals surface area contributed by atoms with Crippen molar-refractivity contribution >= 4 is 15.9 Å². The van der Waals surface area contributed by atoms with E-state index in [1.807, 2.05) is 0 Å². The first kappa shape index (κ1) is 12.9. The Balaban J connectivity index is 2.24. The summed E-state index contributed by atoms with van der Waals surface area (Å²) in [5.74, 6) is -1.27. The van der Waals surface area contributed by atoms with E-state index in [4.69, 9.17) is 0 Å². The van der Waals surface area contributed by atoms with Gasteiger partial charge in [-0.25, -0.2) is 17.8 Å². The number of likely N-dealkylation sites (tertiary alicyclic amines) is 1. The van der Waals surface area contributed by atoms with Gasteiger partial charge in [-0.05, 0) is 18.6 Å². The molecule has 1 fully saturated rings. The second-order valence-electron chi connectivity index (χ2n) is 4.01. The number of nitrogens with zero attached hydrogens (tertiary/aromatic N) is 2. The number of hydrogen-bond donors (Lipinski definition) is 1. The zero-order valence-electron chi connectivity index (χ0n) is 9.63. The molecule has 18 heavy (non-hydrogen) atoms. The number of amides is 1. The summed E-state index contributed by atoms with van der Waals surface area (Å²) in [4.78, 5) is 16.5. The largest absolute Gasteiger partial charge is 0.344 e. The van der Waals surface area contributed by atoms with Crippen LogP contribution in [0, 0.1) is 5.82 Å². The lowest BCUT2D eigenvalue weighted by Gasteiger charge is -2.12. The van der Waals surface area contributed by atoms with Gasteiger partial charge in [0.2, 0.25) is 10.9 Å². The van der Waals surface area contributed by atoms with Crippen LogP contribution in [0.1, 0.15) is 6.42 Å². The highest BCUT2D eigenvalue weighted by Gasteiger charge is 2.34. The zero-order chi connectivity index (χ0) is 13.3. The third-order valence-corrected chi connectivity index (χ3v) is 4.11. The van der Waals surface area contributed by atoms with Gasteiger partial charge in [0, 0.05) is 19.8 Å². The molecule has 8 heteroatoms. The molecule has 1 atom stereocenters. The monoisotopic (exact) mass is 273 g/mol. The van der Waals surface area contributed by atoms with Crippen molar-refractivity contribution in [3.8, 4) is 0 Å². The first-order valence-corrected chi connectivity index (χ1v) is 6.78. The summed E-state index contributed by atoms with van der Waals surface area (Å²) in [5.41, 5.74) is 0.